The van der Waals surface area contributed by atoms with Gasteiger partial charge < -0.3 is 14.9 Å². The number of esters is 1. The summed E-state index contributed by atoms with van der Waals surface area (Å²) < 4.78 is 18.5. The van der Waals surface area contributed by atoms with Crippen LogP contribution in [-0.2, 0) is 9.53 Å². The van der Waals surface area contributed by atoms with Gasteiger partial charge >= 0.3 is 5.97 Å². The van der Waals surface area contributed by atoms with E-state index in [1.165, 1.54) is 24.3 Å². The highest BCUT2D eigenvalue weighted by Crippen LogP contribution is 2.27. The molecular weight excluding hydrogens is 386 g/mol. The predicted octanol–water partition coefficient (Wildman–Crippen LogP) is 4.47. The monoisotopic (exact) mass is 398 g/mol. The van der Waals surface area contributed by atoms with E-state index in [1.54, 1.807) is 6.92 Å². The number of aliphatic imine (C=N–C) groups is 1. The van der Waals surface area contributed by atoms with Crippen molar-refractivity contribution < 1.29 is 24.1 Å². The van der Waals surface area contributed by atoms with Crippen molar-refractivity contribution in [3.63, 3.8) is 0 Å². The van der Waals surface area contributed by atoms with Gasteiger partial charge in [-0.15, -0.1) is 0 Å². The third-order valence-corrected chi connectivity index (χ3v) is 3.64. The lowest BCUT2D eigenvalue weighted by molar-refractivity contribution is -0.137. The number of aliphatic hydroxyl groups is 1. The summed E-state index contributed by atoms with van der Waals surface area (Å²) in [6.07, 6.45) is 1.04. The number of halogens is 3. The normalized spacial score (nSPS) is 12.2. The van der Waals surface area contributed by atoms with Gasteiger partial charge in [0, 0.05) is 6.21 Å². The van der Waals surface area contributed by atoms with Gasteiger partial charge in [0.2, 0.25) is 0 Å². The standard InChI is InChI=1S/C17H13Cl2FN2O4/c1-2-26-17(25)12(8-21-9-3-5-10(23)6-4-9)14(24)11-7-13(20)16(19)22-15(11)18/h3-8,23-24H,2H2,1H3. The van der Waals surface area contributed by atoms with Crippen molar-refractivity contribution in [3.8, 4) is 5.75 Å². The molecule has 0 aliphatic rings. The summed E-state index contributed by atoms with van der Waals surface area (Å²) in [5, 5.41) is 18.9. The summed E-state index contributed by atoms with van der Waals surface area (Å²) in [7, 11) is 0. The van der Waals surface area contributed by atoms with E-state index in [-0.39, 0.29) is 28.6 Å². The molecule has 2 N–H and O–H groups in total. The highest BCUT2D eigenvalue weighted by atomic mass is 35.5. The molecule has 0 aliphatic carbocycles. The molecule has 0 fully saturated rings. The molecule has 1 aromatic carbocycles. The second kappa shape index (κ2) is 8.64. The molecule has 0 saturated carbocycles. The lowest BCUT2D eigenvalue weighted by Crippen LogP contribution is -2.11. The number of pyridine rings is 1. The topological polar surface area (TPSA) is 92.0 Å². The first-order valence-electron chi connectivity index (χ1n) is 7.28. The molecule has 0 bridgehead atoms. The fraction of sp³-hybridized carbons (Fsp3) is 0.118. The summed E-state index contributed by atoms with van der Waals surface area (Å²) in [6.45, 7) is 1.63. The molecule has 0 radical (unpaired) electrons. The van der Waals surface area contributed by atoms with Crippen LogP contribution < -0.4 is 0 Å². The van der Waals surface area contributed by atoms with E-state index in [9.17, 15) is 19.4 Å². The molecule has 0 aliphatic heterocycles. The van der Waals surface area contributed by atoms with Crippen LogP contribution in [0.4, 0.5) is 10.1 Å². The number of hydrogen-bond acceptors (Lipinski definition) is 6. The zero-order valence-electron chi connectivity index (χ0n) is 13.4. The molecule has 0 spiro atoms. The number of aromatic nitrogens is 1. The smallest absolute Gasteiger partial charge is 0.343 e. The number of aliphatic hydroxyl groups excluding tert-OH is 1. The van der Waals surface area contributed by atoms with Gasteiger partial charge in [0.25, 0.3) is 0 Å². The maximum atomic E-state index is 13.7. The van der Waals surface area contributed by atoms with Gasteiger partial charge in [-0.1, -0.05) is 23.2 Å². The van der Waals surface area contributed by atoms with Crippen LogP contribution in [0, 0.1) is 5.82 Å². The highest BCUT2D eigenvalue weighted by molar-refractivity contribution is 6.34. The van der Waals surface area contributed by atoms with Gasteiger partial charge in [-0.25, -0.2) is 14.2 Å². The van der Waals surface area contributed by atoms with Gasteiger partial charge in [-0.2, -0.15) is 0 Å². The van der Waals surface area contributed by atoms with E-state index in [4.69, 9.17) is 27.9 Å². The second-order valence-electron chi connectivity index (χ2n) is 4.86. The number of rotatable bonds is 5. The van der Waals surface area contributed by atoms with Gasteiger partial charge in [0.05, 0.1) is 17.9 Å². The van der Waals surface area contributed by atoms with Crippen molar-refractivity contribution in [2.75, 3.05) is 6.61 Å². The summed E-state index contributed by atoms with van der Waals surface area (Å²) in [5.74, 6) is -2.43. The second-order valence-corrected chi connectivity index (χ2v) is 5.57. The van der Waals surface area contributed by atoms with E-state index >= 15 is 0 Å². The SMILES string of the molecule is CCOC(=O)C(C=Nc1ccc(O)cc1)=C(O)c1cc(F)c(Cl)nc1Cl. The Hall–Kier alpha value is -2.64. The van der Waals surface area contributed by atoms with Gasteiger partial charge in [0.1, 0.15) is 22.2 Å². The van der Waals surface area contributed by atoms with Crippen molar-refractivity contribution in [2.45, 2.75) is 6.92 Å². The summed E-state index contributed by atoms with van der Waals surface area (Å²) >= 11 is 11.4. The zero-order valence-corrected chi connectivity index (χ0v) is 14.9. The van der Waals surface area contributed by atoms with Crippen LogP contribution >= 0.6 is 23.2 Å². The average Bonchev–Trinajstić information content (AvgIpc) is 2.60. The number of phenols is 1. The molecule has 1 heterocycles. The molecule has 26 heavy (non-hydrogen) atoms. The molecular formula is C17H13Cl2FN2O4. The lowest BCUT2D eigenvalue weighted by atomic mass is 10.1. The van der Waals surface area contributed by atoms with Crippen LogP contribution in [0.25, 0.3) is 5.76 Å². The maximum absolute atomic E-state index is 13.7. The Balaban J connectivity index is 2.52. The van der Waals surface area contributed by atoms with Crippen molar-refractivity contribution in [1.82, 2.24) is 4.98 Å². The Bertz CT molecular complexity index is 883. The molecule has 9 heteroatoms. The summed E-state index contributed by atoms with van der Waals surface area (Å²) in [5.41, 5.74) is -0.206. The number of aromatic hydroxyl groups is 1. The van der Waals surface area contributed by atoms with E-state index in [0.717, 1.165) is 12.3 Å². The van der Waals surface area contributed by atoms with Crippen molar-refractivity contribution in [1.29, 1.82) is 0 Å². The minimum Gasteiger partial charge on any atom is -0.508 e. The molecule has 6 nitrogen and oxygen atoms in total. The number of benzene rings is 1. The number of hydrogen-bond donors (Lipinski definition) is 2. The van der Waals surface area contributed by atoms with Crippen molar-refractivity contribution in [2.24, 2.45) is 4.99 Å². The number of phenolic OH excluding ortho intramolecular Hbond substituents is 1. The van der Waals surface area contributed by atoms with E-state index in [2.05, 4.69) is 9.98 Å². The summed E-state index contributed by atoms with van der Waals surface area (Å²) in [4.78, 5) is 19.7. The van der Waals surface area contributed by atoms with Crippen LogP contribution in [0.1, 0.15) is 12.5 Å². The molecule has 136 valence electrons. The van der Waals surface area contributed by atoms with Gasteiger partial charge in [-0.05, 0) is 37.3 Å². The largest absolute Gasteiger partial charge is 0.508 e. The molecule has 0 amide bonds. The number of nitrogens with zero attached hydrogens (tertiary/aromatic N) is 2. The molecule has 0 atom stereocenters. The van der Waals surface area contributed by atoms with Crippen LogP contribution in [0.2, 0.25) is 10.3 Å². The average molecular weight is 399 g/mol. The fourth-order valence-electron chi connectivity index (χ4n) is 1.85. The molecule has 2 aromatic rings. The number of ether oxygens (including phenoxy) is 1. The Labute approximate surface area is 158 Å². The predicted molar refractivity (Wildman–Crippen MR) is 96.7 cm³/mol. The van der Waals surface area contributed by atoms with Crippen LogP contribution in [0.3, 0.4) is 0 Å². The molecule has 2 rings (SSSR count). The van der Waals surface area contributed by atoms with Crippen LogP contribution in [-0.4, -0.2) is 34.0 Å². The highest BCUT2D eigenvalue weighted by Gasteiger charge is 2.20. The Morgan fingerprint density at radius 3 is 2.58 bits per heavy atom. The molecule has 0 unspecified atom stereocenters. The number of carbonyl (C=O) groups excluding carboxylic acids is 1. The Morgan fingerprint density at radius 1 is 1.31 bits per heavy atom. The van der Waals surface area contributed by atoms with Crippen LogP contribution in [0.15, 0.2) is 40.9 Å². The quantitative estimate of drug-likeness (QED) is 0.255. The zero-order chi connectivity index (χ0) is 19.3. The third-order valence-electron chi connectivity index (χ3n) is 3.08. The molecule has 0 saturated heterocycles. The van der Waals surface area contributed by atoms with E-state index < -0.39 is 22.7 Å². The van der Waals surface area contributed by atoms with E-state index in [0.29, 0.717) is 5.69 Å². The van der Waals surface area contributed by atoms with Crippen LogP contribution in [0.5, 0.6) is 5.75 Å². The van der Waals surface area contributed by atoms with Gasteiger partial charge in [0.15, 0.2) is 11.0 Å². The summed E-state index contributed by atoms with van der Waals surface area (Å²) in [6, 6.07) is 6.62. The fourth-order valence-corrected chi connectivity index (χ4v) is 2.26. The van der Waals surface area contributed by atoms with Crippen molar-refractivity contribution >= 4 is 46.8 Å². The van der Waals surface area contributed by atoms with E-state index in [1.807, 2.05) is 0 Å². The minimum atomic E-state index is -0.920. The first-order valence-corrected chi connectivity index (χ1v) is 8.04. The Kier molecular flexibility index (Phi) is 6.54. The maximum Gasteiger partial charge on any atom is 0.343 e. The third kappa shape index (κ3) is 4.71. The number of carbonyl (C=O) groups is 1. The first kappa shape index (κ1) is 19.7. The lowest BCUT2D eigenvalue weighted by Gasteiger charge is -2.08. The van der Waals surface area contributed by atoms with Gasteiger partial charge in [-0.3, -0.25) is 4.99 Å². The first-order chi connectivity index (χ1) is 12.3. The molecule has 1 aromatic heterocycles. The Morgan fingerprint density at radius 2 is 1.96 bits per heavy atom. The van der Waals surface area contributed by atoms with Crippen molar-refractivity contribution in [3.05, 3.63) is 57.6 Å². The minimum absolute atomic E-state index is 0.0439.